The Morgan fingerprint density at radius 3 is 2.43 bits per heavy atom. The first-order chi connectivity index (χ1) is 6.77. The third kappa shape index (κ3) is 2.58. The van der Waals surface area contributed by atoms with E-state index in [0.29, 0.717) is 5.56 Å². The van der Waals surface area contributed by atoms with Gasteiger partial charge in [0.2, 0.25) is 0 Å². The monoisotopic (exact) mass is 193 g/mol. The maximum Gasteiger partial charge on any atom is 0.337 e. The summed E-state index contributed by atoms with van der Waals surface area (Å²) in [6.07, 6.45) is 1.56. The molecule has 14 heavy (non-hydrogen) atoms. The molecule has 0 fully saturated rings. The first kappa shape index (κ1) is 10.2. The lowest BCUT2D eigenvalue weighted by Gasteiger charge is -1.98. The van der Waals surface area contributed by atoms with Gasteiger partial charge in [0.1, 0.15) is 7.11 Å². The quantitative estimate of drug-likeness (QED) is 0.414. The van der Waals surface area contributed by atoms with Crippen molar-refractivity contribution in [2.45, 2.75) is 0 Å². The van der Waals surface area contributed by atoms with Crippen molar-refractivity contribution in [1.29, 1.82) is 0 Å². The van der Waals surface area contributed by atoms with E-state index in [1.165, 1.54) is 14.2 Å². The van der Waals surface area contributed by atoms with Crippen molar-refractivity contribution in [3.05, 3.63) is 35.4 Å². The molecule has 0 unspecified atom stereocenters. The number of rotatable bonds is 3. The molecule has 1 aromatic carbocycles. The maximum atomic E-state index is 11.1. The zero-order chi connectivity index (χ0) is 10.4. The summed E-state index contributed by atoms with van der Waals surface area (Å²) in [6, 6.07) is 6.86. The molecule has 0 aromatic heterocycles. The van der Waals surface area contributed by atoms with Crippen LogP contribution in [-0.4, -0.2) is 26.4 Å². The lowest BCUT2D eigenvalue weighted by atomic mass is 10.1. The Morgan fingerprint density at radius 1 is 1.29 bits per heavy atom. The second kappa shape index (κ2) is 5.01. The highest BCUT2D eigenvalue weighted by atomic mass is 16.6. The number of hydrogen-bond acceptors (Lipinski definition) is 4. The van der Waals surface area contributed by atoms with Gasteiger partial charge in [0.25, 0.3) is 0 Å². The molecule has 0 aliphatic heterocycles. The Balaban J connectivity index is 2.78. The van der Waals surface area contributed by atoms with E-state index in [-0.39, 0.29) is 5.97 Å². The molecule has 0 saturated heterocycles. The molecule has 0 spiro atoms. The number of esters is 1. The van der Waals surface area contributed by atoms with Crippen molar-refractivity contribution in [1.82, 2.24) is 0 Å². The molecular formula is C10H11NO3. The summed E-state index contributed by atoms with van der Waals surface area (Å²) in [5.74, 6) is -0.347. The summed E-state index contributed by atoms with van der Waals surface area (Å²) >= 11 is 0. The van der Waals surface area contributed by atoms with Gasteiger partial charge in [0.05, 0.1) is 18.9 Å². The molecule has 0 N–H and O–H groups in total. The van der Waals surface area contributed by atoms with E-state index in [2.05, 4.69) is 14.7 Å². The van der Waals surface area contributed by atoms with Crippen LogP contribution in [0.1, 0.15) is 15.9 Å². The fourth-order valence-electron chi connectivity index (χ4n) is 0.937. The average molecular weight is 193 g/mol. The smallest absolute Gasteiger partial charge is 0.337 e. The van der Waals surface area contributed by atoms with Crippen molar-refractivity contribution in [2.75, 3.05) is 14.2 Å². The summed E-state index contributed by atoms with van der Waals surface area (Å²) in [5.41, 5.74) is 1.38. The van der Waals surface area contributed by atoms with Crippen LogP contribution in [0.4, 0.5) is 0 Å². The van der Waals surface area contributed by atoms with Crippen molar-refractivity contribution < 1.29 is 14.4 Å². The molecule has 1 aromatic rings. The summed E-state index contributed by atoms with van der Waals surface area (Å²) < 4.78 is 4.56. The van der Waals surface area contributed by atoms with Gasteiger partial charge in [-0.3, -0.25) is 0 Å². The largest absolute Gasteiger partial charge is 0.465 e. The molecule has 0 aliphatic carbocycles. The molecule has 0 heterocycles. The zero-order valence-electron chi connectivity index (χ0n) is 8.06. The van der Waals surface area contributed by atoms with Gasteiger partial charge in [0.15, 0.2) is 0 Å². The molecule has 1 rings (SSSR count). The van der Waals surface area contributed by atoms with Crippen molar-refractivity contribution in [3.8, 4) is 0 Å². The topological polar surface area (TPSA) is 47.9 Å². The first-order valence-electron chi connectivity index (χ1n) is 4.03. The van der Waals surface area contributed by atoms with E-state index in [1.54, 1.807) is 30.5 Å². The second-order valence-corrected chi connectivity index (χ2v) is 2.53. The van der Waals surface area contributed by atoms with Crippen molar-refractivity contribution in [3.63, 3.8) is 0 Å². The van der Waals surface area contributed by atoms with Crippen LogP contribution in [0.3, 0.4) is 0 Å². The Kier molecular flexibility index (Phi) is 3.67. The van der Waals surface area contributed by atoms with E-state index < -0.39 is 0 Å². The molecule has 0 atom stereocenters. The standard InChI is InChI=1S/C10H11NO3/c1-13-10(12)9-5-3-8(4-6-9)7-11-14-2/h3-7H,1-2H3. The van der Waals surface area contributed by atoms with E-state index in [0.717, 1.165) is 5.56 Å². The van der Waals surface area contributed by atoms with Crippen LogP contribution < -0.4 is 0 Å². The van der Waals surface area contributed by atoms with Crippen molar-refractivity contribution >= 4 is 12.2 Å². The predicted molar refractivity (Wildman–Crippen MR) is 52.4 cm³/mol. The Hall–Kier alpha value is -1.84. The minimum absolute atomic E-state index is 0.347. The van der Waals surface area contributed by atoms with Gasteiger partial charge in [-0.25, -0.2) is 4.79 Å². The van der Waals surface area contributed by atoms with Gasteiger partial charge in [-0.1, -0.05) is 17.3 Å². The number of nitrogens with zero attached hydrogens (tertiary/aromatic N) is 1. The third-order valence-electron chi connectivity index (χ3n) is 1.64. The van der Waals surface area contributed by atoms with Crippen LogP contribution >= 0.6 is 0 Å². The Labute approximate surface area is 82.1 Å². The van der Waals surface area contributed by atoms with Gasteiger partial charge >= 0.3 is 5.97 Å². The van der Waals surface area contributed by atoms with Gasteiger partial charge in [-0.05, 0) is 17.7 Å². The molecule has 4 nitrogen and oxygen atoms in total. The van der Waals surface area contributed by atoms with E-state index >= 15 is 0 Å². The summed E-state index contributed by atoms with van der Waals surface area (Å²) in [6.45, 7) is 0. The van der Waals surface area contributed by atoms with Crippen LogP contribution in [-0.2, 0) is 9.57 Å². The molecule has 0 bridgehead atoms. The maximum absolute atomic E-state index is 11.1. The minimum atomic E-state index is -0.347. The number of hydrogen-bond donors (Lipinski definition) is 0. The van der Waals surface area contributed by atoms with E-state index in [4.69, 9.17) is 0 Å². The molecule has 0 radical (unpaired) electrons. The molecule has 74 valence electrons. The Bertz CT molecular complexity index is 330. The normalized spacial score (nSPS) is 10.1. The molecule has 0 saturated carbocycles. The molecule has 0 amide bonds. The van der Waals surface area contributed by atoms with Crippen LogP contribution in [0.2, 0.25) is 0 Å². The molecular weight excluding hydrogens is 182 g/mol. The number of carbonyl (C=O) groups is 1. The highest BCUT2D eigenvalue weighted by Gasteiger charge is 2.02. The highest BCUT2D eigenvalue weighted by Crippen LogP contribution is 2.03. The van der Waals surface area contributed by atoms with E-state index in [1.807, 2.05) is 0 Å². The fraction of sp³-hybridized carbons (Fsp3) is 0.200. The number of benzene rings is 1. The fourth-order valence-corrected chi connectivity index (χ4v) is 0.937. The van der Waals surface area contributed by atoms with Crippen LogP contribution in [0.5, 0.6) is 0 Å². The minimum Gasteiger partial charge on any atom is -0.465 e. The highest BCUT2D eigenvalue weighted by molar-refractivity contribution is 5.90. The van der Waals surface area contributed by atoms with Crippen molar-refractivity contribution in [2.24, 2.45) is 5.16 Å². The van der Waals surface area contributed by atoms with Gasteiger partial charge in [-0.15, -0.1) is 0 Å². The second-order valence-electron chi connectivity index (χ2n) is 2.53. The van der Waals surface area contributed by atoms with Crippen LogP contribution in [0.15, 0.2) is 29.4 Å². The number of oxime groups is 1. The summed E-state index contributed by atoms with van der Waals surface area (Å²) in [5, 5.41) is 3.60. The average Bonchev–Trinajstić information content (AvgIpc) is 2.26. The van der Waals surface area contributed by atoms with Crippen LogP contribution in [0, 0.1) is 0 Å². The number of ether oxygens (including phenoxy) is 1. The lowest BCUT2D eigenvalue weighted by molar-refractivity contribution is 0.0601. The molecule has 0 aliphatic rings. The first-order valence-corrected chi connectivity index (χ1v) is 4.03. The summed E-state index contributed by atoms with van der Waals surface area (Å²) in [7, 11) is 2.82. The summed E-state index contributed by atoms with van der Waals surface area (Å²) in [4.78, 5) is 15.6. The van der Waals surface area contributed by atoms with Gasteiger partial charge in [0, 0.05) is 0 Å². The SMILES string of the molecule is CON=Cc1ccc(C(=O)OC)cc1. The lowest BCUT2D eigenvalue weighted by Crippen LogP contribution is -2.00. The zero-order valence-corrected chi connectivity index (χ0v) is 8.06. The number of carbonyl (C=O) groups excluding carboxylic acids is 1. The van der Waals surface area contributed by atoms with E-state index in [9.17, 15) is 4.79 Å². The number of methoxy groups -OCH3 is 1. The third-order valence-corrected chi connectivity index (χ3v) is 1.64. The predicted octanol–water partition coefficient (Wildman–Crippen LogP) is 1.45. The Morgan fingerprint density at radius 2 is 1.93 bits per heavy atom. The van der Waals surface area contributed by atoms with Crippen LogP contribution in [0.25, 0.3) is 0 Å². The van der Waals surface area contributed by atoms with Gasteiger partial charge in [-0.2, -0.15) is 0 Å². The molecule has 4 heteroatoms. The van der Waals surface area contributed by atoms with Gasteiger partial charge < -0.3 is 9.57 Å².